The number of amides is 1. The smallest absolute Gasteiger partial charge is 0.268 e. The minimum Gasteiger partial charge on any atom is -0.369 e. The topological polar surface area (TPSA) is 67.2 Å². The van der Waals surface area contributed by atoms with Gasteiger partial charge in [-0.3, -0.25) is 9.59 Å². The van der Waals surface area contributed by atoms with Crippen LogP contribution in [0.1, 0.15) is 18.4 Å². The molecule has 1 saturated heterocycles. The molecule has 1 amide bonds. The number of anilines is 2. The van der Waals surface area contributed by atoms with Crippen LogP contribution in [-0.4, -0.2) is 28.8 Å². The van der Waals surface area contributed by atoms with Gasteiger partial charge in [-0.2, -0.15) is 5.10 Å². The van der Waals surface area contributed by atoms with Crippen LogP contribution < -0.4 is 15.8 Å². The number of piperidine rings is 1. The molecule has 1 fully saturated rings. The molecule has 1 aliphatic rings. The van der Waals surface area contributed by atoms with E-state index in [0.717, 1.165) is 36.3 Å². The third-order valence-electron chi connectivity index (χ3n) is 4.40. The van der Waals surface area contributed by atoms with Gasteiger partial charge >= 0.3 is 0 Å². The van der Waals surface area contributed by atoms with E-state index < -0.39 is 0 Å². The lowest BCUT2D eigenvalue weighted by atomic mass is 9.96. The van der Waals surface area contributed by atoms with Crippen molar-refractivity contribution in [2.45, 2.75) is 19.8 Å². The van der Waals surface area contributed by atoms with Gasteiger partial charge in [-0.25, -0.2) is 4.68 Å². The van der Waals surface area contributed by atoms with E-state index in [9.17, 15) is 9.59 Å². The van der Waals surface area contributed by atoms with Gasteiger partial charge in [0.2, 0.25) is 5.91 Å². The largest absolute Gasteiger partial charge is 0.369 e. The summed E-state index contributed by atoms with van der Waals surface area (Å²) in [5, 5.41) is 7.06. The summed E-state index contributed by atoms with van der Waals surface area (Å²) in [5.41, 5.74) is 2.58. The lowest BCUT2D eigenvalue weighted by Crippen LogP contribution is -2.41. The number of nitrogens with zero attached hydrogens (tertiary/aromatic N) is 3. The Hall–Kier alpha value is -2.63. The van der Waals surface area contributed by atoms with Crippen LogP contribution in [0.4, 0.5) is 11.4 Å². The summed E-state index contributed by atoms with van der Waals surface area (Å²) in [6.07, 6.45) is 3.45. The van der Waals surface area contributed by atoms with E-state index in [2.05, 4.69) is 15.3 Å². The van der Waals surface area contributed by atoms with E-state index in [1.807, 2.05) is 31.2 Å². The van der Waals surface area contributed by atoms with Crippen LogP contribution in [0.5, 0.6) is 0 Å². The predicted octanol–water partition coefficient (Wildman–Crippen LogP) is 1.94. The molecule has 6 nitrogen and oxygen atoms in total. The lowest BCUT2D eigenvalue weighted by molar-refractivity contribution is -0.120. The molecule has 126 valence electrons. The number of hydrogen-bond acceptors (Lipinski definition) is 4. The van der Waals surface area contributed by atoms with Crippen LogP contribution in [0.3, 0.4) is 0 Å². The van der Waals surface area contributed by atoms with Crippen LogP contribution in [0.15, 0.2) is 41.3 Å². The fourth-order valence-electron chi connectivity index (χ4n) is 3.03. The van der Waals surface area contributed by atoms with Crippen molar-refractivity contribution in [2.75, 3.05) is 23.3 Å². The zero-order chi connectivity index (χ0) is 17.1. The van der Waals surface area contributed by atoms with Crippen LogP contribution in [0.2, 0.25) is 0 Å². The van der Waals surface area contributed by atoms with Crippen LogP contribution in [0, 0.1) is 12.8 Å². The van der Waals surface area contributed by atoms with Gasteiger partial charge in [0.05, 0.1) is 17.8 Å². The molecule has 0 aliphatic carbocycles. The first-order valence-electron chi connectivity index (χ1n) is 8.19. The summed E-state index contributed by atoms with van der Waals surface area (Å²) < 4.78 is 1.30. The molecule has 1 aliphatic heterocycles. The number of nitrogens with one attached hydrogen (secondary N) is 1. The van der Waals surface area contributed by atoms with Crippen molar-refractivity contribution in [3.05, 3.63) is 52.4 Å². The van der Waals surface area contributed by atoms with Crippen molar-refractivity contribution in [2.24, 2.45) is 13.0 Å². The normalized spacial score (nSPS) is 17.6. The highest BCUT2D eigenvalue weighted by Gasteiger charge is 2.26. The van der Waals surface area contributed by atoms with E-state index in [-0.39, 0.29) is 17.4 Å². The average molecular weight is 326 g/mol. The highest BCUT2D eigenvalue weighted by Crippen LogP contribution is 2.23. The number of aryl methyl sites for hydroxylation is 2. The van der Waals surface area contributed by atoms with E-state index in [0.29, 0.717) is 6.54 Å². The first-order valence-corrected chi connectivity index (χ1v) is 8.19. The Labute approximate surface area is 141 Å². The Morgan fingerprint density at radius 2 is 2.17 bits per heavy atom. The van der Waals surface area contributed by atoms with E-state index in [1.165, 1.54) is 4.68 Å². The van der Waals surface area contributed by atoms with Gasteiger partial charge < -0.3 is 10.2 Å². The highest BCUT2D eigenvalue weighted by molar-refractivity contribution is 5.93. The first-order chi connectivity index (χ1) is 11.5. The Balaban J connectivity index is 1.69. The number of rotatable bonds is 3. The van der Waals surface area contributed by atoms with Crippen LogP contribution >= 0.6 is 0 Å². The van der Waals surface area contributed by atoms with Gasteiger partial charge in [-0.15, -0.1) is 0 Å². The van der Waals surface area contributed by atoms with Crippen LogP contribution in [-0.2, 0) is 11.8 Å². The Kier molecular flexibility index (Phi) is 4.64. The molecule has 0 saturated carbocycles. The molecule has 1 atom stereocenters. The van der Waals surface area contributed by atoms with Gasteiger partial charge in [-0.05, 0) is 37.5 Å². The molecule has 0 spiro atoms. The van der Waals surface area contributed by atoms with E-state index in [4.69, 9.17) is 0 Å². The maximum Gasteiger partial charge on any atom is 0.268 e. The van der Waals surface area contributed by atoms with Crippen LogP contribution in [0.25, 0.3) is 0 Å². The molecule has 0 radical (unpaired) electrons. The highest BCUT2D eigenvalue weighted by atomic mass is 16.2. The fourth-order valence-corrected chi connectivity index (χ4v) is 3.03. The van der Waals surface area contributed by atoms with Crippen molar-refractivity contribution >= 4 is 17.3 Å². The second kappa shape index (κ2) is 6.86. The molecular formula is C18H22N4O2. The number of carbonyl (C=O) groups is 1. The van der Waals surface area contributed by atoms with Crippen molar-refractivity contribution < 1.29 is 4.79 Å². The minimum absolute atomic E-state index is 0.0297. The molecule has 6 heteroatoms. The minimum atomic E-state index is -0.140. The van der Waals surface area contributed by atoms with Gasteiger partial charge in [-0.1, -0.05) is 12.1 Å². The molecule has 1 unspecified atom stereocenters. The molecular weight excluding hydrogens is 304 g/mol. The lowest BCUT2D eigenvalue weighted by Gasteiger charge is -2.33. The van der Waals surface area contributed by atoms with E-state index >= 15 is 0 Å². The summed E-state index contributed by atoms with van der Waals surface area (Å²) in [7, 11) is 1.63. The third kappa shape index (κ3) is 3.64. The predicted molar refractivity (Wildman–Crippen MR) is 94.2 cm³/mol. The summed E-state index contributed by atoms with van der Waals surface area (Å²) in [4.78, 5) is 26.4. The van der Waals surface area contributed by atoms with Gasteiger partial charge in [0.15, 0.2) is 0 Å². The van der Waals surface area contributed by atoms with Crippen molar-refractivity contribution in [3.8, 4) is 0 Å². The number of benzene rings is 1. The average Bonchev–Trinajstić information content (AvgIpc) is 2.57. The molecule has 2 aromatic rings. The zero-order valence-corrected chi connectivity index (χ0v) is 14.0. The standard InChI is InChI=1S/C18H22N4O2/c1-13-5-3-7-15(9-13)20-18(24)14-6-4-8-22(12-14)16-10-17(23)21(2)19-11-16/h3,5,7,9-11,14H,4,6,8,12H2,1-2H3,(H,20,24). The fraction of sp³-hybridized carbons (Fsp3) is 0.389. The second-order valence-electron chi connectivity index (χ2n) is 6.32. The Morgan fingerprint density at radius 3 is 2.92 bits per heavy atom. The number of aromatic nitrogens is 2. The zero-order valence-electron chi connectivity index (χ0n) is 14.0. The van der Waals surface area contributed by atoms with E-state index in [1.54, 1.807) is 19.3 Å². The second-order valence-corrected chi connectivity index (χ2v) is 6.32. The number of hydrogen-bond donors (Lipinski definition) is 1. The monoisotopic (exact) mass is 326 g/mol. The van der Waals surface area contributed by atoms with Gasteiger partial charge in [0, 0.05) is 31.9 Å². The maximum atomic E-state index is 12.6. The number of carbonyl (C=O) groups excluding carboxylic acids is 1. The van der Waals surface area contributed by atoms with Crippen molar-refractivity contribution in [1.82, 2.24) is 9.78 Å². The molecule has 2 heterocycles. The summed E-state index contributed by atoms with van der Waals surface area (Å²) in [6, 6.07) is 9.37. The molecule has 1 N–H and O–H groups in total. The molecule has 0 bridgehead atoms. The quantitative estimate of drug-likeness (QED) is 0.936. The maximum absolute atomic E-state index is 12.6. The van der Waals surface area contributed by atoms with Gasteiger partial charge in [0.1, 0.15) is 0 Å². The van der Waals surface area contributed by atoms with Crippen molar-refractivity contribution in [1.29, 1.82) is 0 Å². The summed E-state index contributed by atoms with van der Waals surface area (Å²) in [5.74, 6) is -0.0644. The Morgan fingerprint density at radius 1 is 1.33 bits per heavy atom. The summed E-state index contributed by atoms with van der Waals surface area (Å²) in [6.45, 7) is 3.44. The molecule has 3 rings (SSSR count). The Bertz CT molecular complexity index is 800. The first kappa shape index (κ1) is 16.2. The molecule has 24 heavy (non-hydrogen) atoms. The molecule has 1 aromatic heterocycles. The van der Waals surface area contributed by atoms with Crippen molar-refractivity contribution in [3.63, 3.8) is 0 Å². The third-order valence-corrected chi connectivity index (χ3v) is 4.40. The SMILES string of the molecule is Cc1cccc(NC(=O)C2CCCN(c3cnn(C)c(=O)c3)C2)c1. The van der Waals surface area contributed by atoms with Gasteiger partial charge in [0.25, 0.3) is 5.56 Å². The molecule has 1 aromatic carbocycles. The summed E-state index contributed by atoms with van der Waals surface area (Å²) >= 11 is 0.